The Morgan fingerprint density at radius 1 is 1.35 bits per heavy atom. The summed E-state index contributed by atoms with van der Waals surface area (Å²) in [4.78, 5) is 12.1. The van der Waals surface area contributed by atoms with Crippen LogP contribution in [0.5, 0.6) is 0 Å². The molecule has 0 saturated carbocycles. The van der Waals surface area contributed by atoms with Crippen molar-refractivity contribution < 1.29 is 9.26 Å². The molecule has 2 N–H and O–H groups in total. The SMILES string of the molecule is CCOCCc1noc(-c2nccnc2N)n1. The highest BCUT2D eigenvalue weighted by Crippen LogP contribution is 2.18. The van der Waals surface area contributed by atoms with Gasteiger partial charge in [0.2, 0.25) is 0 Å². The molecule has 90 valence electrons. The lowest BCUT2D eigenvalue weighted by molar-refractivity contribution is 0.149. The highest BCUT2D eigenvalue weighted by molar-refractivity contribution is 5.61. The Kier molecular flexibility index (Phi) is 3.61. The molecule has 0 aliphatic heterocycles. The summed E-state index contributed by atoms with van der Waals surface area (Å²) in [5.41, 5.74) is 6.06. The number of hydrogen-bond donors (Lipinski definition) is 1. The van der Waals surface area contributed by atoms with Crippen LogP contribution in [0.1, 0.15) is 12.7 Å². The molecule has 2 rings (SSSR count). The minimum atomic E-state index is 0.271. The molecule has 0 radical (unpaired) electrons. The Labute approximate surface area is 98.0 Å². The molecule has 7 heteroatoms. The maximum Gasteiger partial charge on any atom is 0.280 e. The Balaban J connectivity index is 2.10. The molecule has 2 aromatic heterocycles. The normalized spacial score (nSPS) is 10.6. The number of nitrogens with two attached hydrogens (primary N) is 1. The molecule has 0 unspecified atom stereocenters. The van der Waals surface area contributed by atoms with Gasteiger partial charge in [-0.05, 0) is 6.92 Å². The lowest BCUT2D eigenvalue weighted by Gasteiger charge is -1.96. The average molecular weight is 235 g/mol. The van der Waals surface area contributed by atoms with E-state index in [1.165, 1.54) is 12.4 Å². The second-order valence-corrected chi connectivity index (χ2v) is 3.25. The average Bonchev–Trinajstić information content (AvgIpc) is 2.79. The molecule has 0 atom stereocenters. The molecule has 2 aromatic rings. The lowest BCUT2D eigenvalue weighted by Crippen LogP contribution is -2.00. The van der Waals surface area contributed by atoms with Crippen LogP contribution in [0, 0.1) is 0 Å². The van der Waals surface area contributed by atoms with E-state index in [0.717, 1.165) is 0 Å². The third-order valence-electron chi connectivity index (χ3n) is 2.07. The van der Waals surface area contributed by atoms with Gasteiger partial charge in [-0.15, -0.1) is 0 Å². The first-order chi connectivity index (χ1) is 8.31. The first kappa shape index (κ1) is 11.5. The van der Waals surface area contributed by atoms with E-state index in [9.17, 15) is 0 Å². The van der Waals surface area contributed by atoms with Crippen molar-refractivity contribution in [3.05, 3.63) is 18.2 Å². The number of nitrogens with zero attached hydrogens (tertiary/aromatic N) is 4. The first-order valence-electron chi connectivity index (χ1n) is 5.28. The molecule has 2 heterocycles. The lowest BCUT2D eigenvalue weighted by atomic mass is 10.4. The molecule has 0 aromatic carbocycles. The molecule has 7 nitrogen and oxygen atoms in total. The minimum absolute atomic E-state index is 0.271. The van der Waals surface area contributed by atoms with Crippen molar-refractivity contribution in [2.24, 2.45) is 0 Å². The van der Waals surface area contributed by atoms with Crippen LogP contribution in [0.25, 0.3) is 11.6 Å². The number of anilines is 1. The zero-order valence-electron chi connectivity index (χ0n) is 9.46. The Morgan fingerprint density at radius 2 is 2.18 bits per heavy atom. The quantitative estimate of drug-likeness (QED) is 0.761. The first-order valence-corrected chi connectivity index (χ1v) is 5.28. The van der Waals surface area contributed by atoms with Gasteiger partial charge in [0.1, 0.15) is 0 Å². The molecule has 0 fully saturated rings. The van der Waals surface area contributed by atoms with Crippen LogP contribution in [0.4, 0.5) is 5.82 Å². The van der Waals surface area contributed by atoms with Crippen molar-refractivity contribution in [1.82, 2.24) is 20.1 Å². The van der Waals surface area contributed by atoms with Crippen molar-refractivity contribution in [2.45, 2.75) is 13.3 Å². The van der Waals surface area contributed by atoms with Gasteiger partial charge < -0.3 is 15.0 Å². The van der Waals surface area contributed by atoms with Crippen LogP contribution in [0.2, 0.25) is 0 Å². The van der Waals surface area contributed by atoms with E-state index in [0.29, 0.717) is 31.2 Å². The number of aromatic nitrogens is 4. The largest absolute Gasteiger partial charge is 0.382 e. The number of rotatable bonds is 5. The molecule has 17 heavy (non-hydrogen) atoms. The minimum Gasteiger partial charge on any atom is -0.382 e. The predicted octanol–water partition coefficient (Wildman–Crippen LogP) is 0.688. The molecule has 0 aliphatic carbocycles. The van der Waals surface area contributed by atoms with E-state index in [-0.39, 0.29) is 11.7 Å². The third-order valence-corrected chi connectivity index (χ3v) is 2.07. The molecule has 0 amide bonds. The van der Waals surface area contributed by atoms with Crippen LogP contribution in [-0.4, -0.2) is 33.3 Å². The van der Waals surface area contributed by atoms with E-state index in [4.69, 9.17) is 15.0 Å². The Hall–Kier alpha value is -2.02. The van der Waals surface area contributed by atoms with Crippen molar-refractivity contribution in [1.29, 1.82) is 0 Å². The van der Waals surface area contributed by atoms with Gasteiger partial charge in [-0.2, -0.15) is 4.98 Å². The number of hydrogen-bond acceptors (Lipinski definition) is 7. The summed E-state index contributed by atoms with van der Waals surface area (Å²) in [6, 6.07) is 0. The van der Waals surface area contributed by atoms with Crippen molar-refractivity contribution >= 4 is 5.82 Å². The second-order valence-electron chi connectivity index (χ2n) is 3.25. The fourth-order valence-electron chi connectivity index (χ4n) is 1.27. The molecule has 0 aliphatic rings. The summed E-state index contributed by atoms with van der Waals surface area (Å²) in [7, 11) is 0. The second kappa shape index (κ2) is 5.35. The summed E-state index contributed by atoms with van der Waals surface area (Å²) < 4.78 is 10.3. The maximum absolute atomic E-state index is 5.66. The molecule has 0 saturated heterocycles. The van der Waals surface area contributed by atoms with E-state index < -0.39 is 0 Å². The van der Waals surface area contributed by atoms with Gasteiger partial charge in [0, 0.05) is 25.4 Å². The van der Waals surface area contributed by atoms with Gasteiger partial charge >= 0.3 is 0 Å². The van der Waals surface area contributed by atoms with Crippen LogP contribution < -0.4 is 5.73 Å². The zero-order valence-corrected chi connectivity index (χ0v) is 9.46. The van der Waals surface area contributed by atoms with Gasteiger partial charge in [-0.1, -0.05) is 5.16 Å². The van der Waals surface area contributed by atoms with Crippen molar-refractivity contribution in [3.63, 3.8) is 0 Å². The van der Waals surface area contributed by atoms with E-state index in [2.05, 4.69) is 20.1 Å². The molecule has 0 spiro atoms. The fraction of sp³-hybridized carbons (Fsp3) is 0.400. The monoisotopic (exact) mass is 235 g/mol. The van der Waals surface area contributed by atoms with Crippen LogP contribution in [0.3, 0.4) is 0 Å². The third kappa shape index (κ3) is 2.76. The van der Waals surface area contributed by atoms with Crippen LogP contribution >= 0.6 is 0 Å². The van der Waals surface area contributed by atoms with Gasteiger partial charge in [-0.25, -0.2) is 9.97 Å². The molecular weight excluding hydrogens is 222 g/mol. The van der Waals surface area contributed by atoms with E-state index in [1.807, 2.05) is 6.92 Å². The fourth-order valence-corrected chi connectivity index (χ4v) is 1.27. The summed E-state index contributed by atoms with van der Waals surface area (Å²) in [6.45, 7) is 3.16. The number of nitrogen functional groups attached to an aromatic ring is 1. The summed E-state index contributed by atoms with van der Waals surface area (Å²) in [5.74, 6) is 1.12. The standard InChI is InChI=1S/C10H13N5O2/c1-2-16-6-3-7-14-10(17-15-7)8-9(11)13-5-4-12-8/h4-5H,2-3,6H2,1H3,(H2,11,13). The maximum atomic E-state index is 5.66. The van der Waals surface area contributed by atoms with Gasteiger partial charge in [-0.3, -0.25) is 0 Å². The van der Waals surface area contributed by atoms with Gasteiger partial charge in [0.25, 0.3) is 5.89 Å². The smallest absolute Gasteiger partial charge is 0.280 e. The summed E-state index contributed by atoms with van der Waals surface area (Å²) in [6.07, 6.45) is 3.62. The Bertz CT molecular complexity index is 485. The Morgan fingerprint density at radius 3 is 2.94 bits per heavy atom. The predicted molar refractivity (Wildman–Crippen MR) is 59.9 cm³/mol. The van der Waals surface area contributed by atoms with Crippen LogP contribution in [-0.2, 0) is 11.2 Å². The summed E-state index contributed by atoms with van der Waals surface area (Å²) in [5, 5.41) is 3.82. The highest BCUT2D eigenvalue weighted by Gasteiger charge is 2.13. The summed E-state index contributed by atoms with van der Waals surface area (Å²) >= 11 is 0. The number of ether oxygens (including phenoxy) is 1. The molecule has 0 bridgehead atoms. The van der Waals surface area contributed by atoms with Crippen molar-refractivity contribution in [3.8, 4) is 11.6 Å². The van der Waals surface area contributed by atoms with Crippen LogP contribution in [0.15, 0.2) is 16.9 Å². The highest BCUT2D eigenvalue weighted by atomic mass is 16.5. The van der Waals surface area contributed by atoms with Crippen molar-refractivity contribution in [2.75, 3.05) is 18.9 Å². The van der Waals surface area contributed by atoms with E-state index >= 15 is 0 Å². The molecular formula is C10H13N5O2. The topological polar surface area (TPSA) is 100.0 Å². The van der Waals surface area contributed by atoms with E-state index in [1.54, 1.807) is 0 Å². The zero-order chi connectivity index (χ0) is 12.1. The van der Waals surface area contributed by atoms with Gasteiger partial charge in [0.15, 0.2) is 17.3 Å². The van der Waals surface area contributed by atoms with Gasteiger partial charge in [0.05, 0.1) is 6.61 Å².